The Labute approximate surface area is 154 Å². The third kappa shape index (κ3) is 8.69. The van der Waals surface area contributed by atoms with Crippen molar-refractivity contribution < 1.29 is 9.53 Å². The summed E-state index contributed by atoms with van der Waals surface area (Å²) in [6, 6.07) is 6.55. The number of amides is 1. The summed E-state index contributed by atoms with van der Waals surface area (Å²) in [6.07, 6.45) is 0.619. The van der Waals surface area contributed by atoms with Gasteiger partial charge in [0.15, 0.2) is 0 Å². The molecular weight excluding hydrogens is 368 g/mol. The number of carbonyl (C=O) groups excluding carboxylic acids is 1. The lowest BCUT2D eigenvalue weighted by atomic mass is 10.0. The van der Waals surface area contributed by atoms with E-state index in [4.69, 9.17) is 4.74 Å². The second kappa shape index (κ2) is 9.42. The van der Waals surface area contributed by atoms with E-state index in [9.17, 15) is 4.79 Å². The summed E-state index contributed by atoms with van der Waals surface area (Å²) in [6.45, 7) is 13.4. The summed E-state index contributed by atoms with van der Waals surface area (Å²) in [7, 11) is 0. The predicted octanol–water partition coefficient (Wildman–Crippen LogP) is 4.79. The van der Waals surface area contributed by atoms with E-state index in [1.54, 1.807) is 0 Å². The number of carbonyl (C=O) groups is 1. The summed E-state index contributed by atoms with van der Waals surface area (Å²) >= 11 is 3.61. The van der Waals surface area contributed by atoms with Crippen LogP contribution in [0.5, 0.6) is 0 Å². The van der Waals surface area contributed by atoms with Crippen molar-refractivity contribution in [1.29, 1.82) is 0 Å². The van der Waals surface area contributed by atoms with Crippen LogP contribution in [0.1, 0.15) is 52.2 Å². The van der Waals surface area contributed by atoms with Crippen LogP contribution in [-0.4, -0.2) is 24.3 Å². The van der Waals surface area contributed by atoms with Gasteiger partial charge in [0.25, 0.3) is 0 Å². The molecule has 0 bridgehead atoms. The van der Waals surface area contributed by atoms with E-state index in [-0.39, 0.29) is 12.1 Å². The minimum atomic E-state index is -0.474. The monoisotopic (exact) mass is 398 g/mol. The van der Waals surface area contributed by atoms with E-state index in [0.29, 0.717) is 12.5 Å². The lowest BCUT2D eigenvalue weighted by molar-refractivity contribution is 0.0521. The van der Waals surface area contributed by atoms with E-state index in [2.05, 4.69) is 65.5 Å². The van der Waals surface area contributed by atoms with Crippen LogP contribution in [0.4, 0.5) is 4.79 Å². The van der Waals surface area contributed by atoms with Crippen molar-refractivity contribution in [3.05, 3.63) is 33.8 Å². The van der Waals surface area contributed by atoms with E-state index in [1.807, 2.05) is 20.8 Å². The van der Waals surface area contributed by atoms with E-state index in [0.717, 1.165) is 17.4 Å². The molecule has 1 rings (SSSR count). The molecule has 1 aromatic rings. The molecule has 0 spiro atoms. The molecule has 0 aliphatic carbocycles. The Hall–Kier alpha value is -1.07. The summed E-state index contributed by atoms with van der Waals surface area (Å²) in [4.78, 5) is 11.8. The summed E-state index contributed by atoms with van der Waals surface area (Å²) in [5.41, 5.74) is 1.97. The van der Waals surface area contributed by atoms with Crippen molar-refractivity contribution in [2.75, 3.05) is 6.54 Å². The van der Waals surface area contributed by atoms with Gasteiger partial charge >= 0.3 is 6.09 Å². The number of hydrogen-bond donors (Lipinski definition) is 2. The molecule has 1 amide bonds. The maximum atomic E-state index is 11.8. The maximum Gasteiger partial charge on any atom is 0.407 e. The number of nitrogens with one attached hydrogen (secondary N) is 2. The van der Waals surface area contributed by atoms with Crippen molar-refractivity contribution in [2.24, 2.45) is 5.92 Å². The SMILES string of the molecule is Cc1ccc(CNC(CNC(=O)OC(C)(C)C)CC(C)C)c(Br)c1. The lowest BCUT2D eigenvalue weighted by Gasteiger charge is -2.24. The van der Waals surface area contributed by atoms with E-state index < -0.39 is 5.60 Å². The van der Waals surface area contributed by atoms with Gasteiger partial charge in [-0.2, -0.15) is 0 Å². The van der Waals surface area contributed by atoms with Crippen LogP contribution in [-0.2, 0) is 11.3 Å². The molecule has 2 N–H and O–H groups in total. The highest BCUT2D eigenvalue weighted by Gasteiger charge is 2.18. The molecule has 0 heterocycles. The first-order valence-corrected chi connectivity index (χ1v) is 9.31. The van der Waals surface area contributed by atoms with Gasteiger partial charge in [0.1, 0.15) is 5.60 Å². The Balaban J connectivity index is 2.57. The van der Waals surface area contributed by atoms with E-state index in [1.165, 1.54) is 11.1 Å². The molecule has 0 aliphatic rings. The minimum absolute atomic E-state index is 0.200. The second-order valence-electron chi connectivity index (χ2n) is 7.69. The molecule has 1 aromatic carbocycles. The molecule has 136 valence electrons. The van der Waals surface area contributed by atoms with Gasteiger partial charge in [0, 0.05) is 23.6 Å². The van der Waals surface area contributed by atoms with Gasteiger partial charge in [0.05, 0.1) is 0 Å². The zero-order valence-corrected chi connectivity index (χ0v) is 17.3. The molecule has 0 radical (unpaired) electrons. The maximum absolute atomic E-state index is 11.8. The van der Waals surface area contributed by atoms with Crippen LogP contribution in [0, 0.1) is 12.8 Å². The molecule has 24 heavy (non-hydrogen) atoms. The predicted molar refractivity (Wildman–Crippen MR) is 103 cm³/mol. The fourth-order valence-corrected chi connectivity index (χ4v) is 3.01. The zero-order chi connectivity index (χ0) is 18.3. The van der Waals surface area contributed by atoms with Gasteiger partial charge in [-0.15, -0.1) is 0 Å². The number of aryl methyl sites for hydroxylation is 1. The number of halogens is 1. The molecule has 4 nitrogen and oxygen atoms in total. The highest BCUT2D eigenvalue weighted by molar-refractivity contribution is 9.10. The molecule has 1 unspecified atom stereocenters. The molecular formula is C19H31BrN2O2. The summed E-state index contributed by atoms with van der Waals surface area (Å²) < 4.78 is 6.41. The smallest absolute Gasteiger partial charge is 0.407 e. The molecule has 0 fully saturated rings. The molecule has 5 heteroatoms. The van der Waals surface area contributed by atoms with Gasteiger partial charge in [0.2, 0.25) is 0 Å². The van der Waals surface area contributed by atoms with Crippen LogP contribution < -0.4 is 10.6 Å². The molecule has 0 aliphatic heterocycles. The van der Waals surface area contributed by atoms with Gasteiger partial charge in [-0.1, -0.05) is 41.9 Å². The van der Waals surface area contributed by atoms with Crippen molar-refractivity contribution >= 4 is 22.0 Å². The number of alkyl carbamates (subject to hydrolysis) is 1. The summed E-state index contributed by atoms with van der Waals surface area (Å²) in [5.74, 6) is 0.546. The Morgan fingerprint density at radius 2 is 1.96 bits per heavy atom. The summed E-state index contributed by atoms with van der Waals surface area (Å²) in [5, 5.41) is 6.41. The minimum Gasteiger partial charge on any atom is -0.444 e. The Morgan fingerprint density at radius 3 is 2.50 bits per heavy atom. The van der Waals surface area contributed by atoms with Gasteiger partial charge in [-0.25, -0.2) is 4.79 Å². The van der Waals surface area contributed by atoms with Crippen LogP contribution in [0.3, 0.4) is 0 Å². The number of rotatable bonds is 7. The first-order chi connectivity index (χ1) is 11.1. The molecule has 0 aromatic heterocycles. The quantitative estimate of drug-likeness (QED) is 0.693. The standard InChI is InChI=1S/C19H31BrN2O2/c1-13(2)9-16(12-22-18(23)24-19(4,5)6)21-11-15-8-7-14(3)10-17(15)20/h7-8,10,13,16,21H,9,11-12H2,1-6H3,(H,22,23). The van der Waals surface area contributed by atoms with Crippen molar-refractivity contribution in [3.8, 4) is 0 Å². The van der Waals surface area contributed by atoms with E-state index >= 15 is 0 Å². The van der Waals surface area contributed by atoms with Crippen LogP contribution >= 0.6 is 15.9 Å². The molecule has 0 saturated heterocycles. The number of benzene rings is 1. The third-order valence-corrected chi connectivity index (χ3v) is 4.18. The van der Waals surface area contributed by atoms with Gasteiger partial charge in [-0.3, -0.25) is 0 Å². The van der Waals surface area contributed by atoms with Crippen molar-refractivity contribution in [1.82, 2.24) is 10.6 Å². The molecule has 1 atom stereocenters. The topological polar surface area (TPSA) is 50.4 Å². The van der Waals surface area contributed by atoms with Crippen LogP contribution in [0.25, 0.3) is 0 Å². The first-order valence-electron chi connectivity index (χ1n) is 8.52. The fourth-order valence-electron chi connectivity index (χ4n) is 2.38. The zero-order valence-electron chi connectivity index (χ0n) is 15.7. The number of ether oxygens (including phenoxy) is 1. The first kappa shape index (κ1) is 21.0. The number of hydrogen-bond acceptors (Lipinski definition) is 3. The fraction of sp³-hybridized carbons (Fsp3) is 0.632. The largest absolute Gasteiger partial charge is 0.444 e. The average molecular weight is 399 g/mol. The van der Waals surface area contributed by atoms with Gasteiger partial charge in [-0.05, 0) is 57.2 Å². The Kier molecular flexibility index (Phi) is 8.23. The average Bonchev–Trinajstić information content (AvgIpc) is 2.41. The Morgan fingerprint density at radius 1 is 1.29 bits per heavy atom. The molecule has 0 saturated carbocycles. The highest BCUT2D eigenvalue weighted by Crippen LogP contribution is 2.18. The van der Waals surface area contributed by atoms with Crippen LogP contribution in [0.2, 0.25) is 0 Å². The lowest BCUT2D eigenvalue weighted by Crippen LogP contribution is -2.43. The van der Waals surface area contributed by atoms with Crippen molar-refractivity contribution in [2.45, 2.75) is 66.2 Å². The Bertz CT molecular complexity index is 539. The van der Waals surface area contributed by atoms with Crippen LogP contribution in [0.15, 0.2) is 22.7 Å². The third-order valence-electron chi connectivity index (χ3n) is 3.44. The highest BCUT2D eigenvalue weighted by atomic mass is 79.9. The van der Waals surface area contributed by atoms with Crippen molar-refractivity contribution in [3.63, 3.8) is 0 Å². The normalized spacial score (nSPS) is 13.0. The second-order valence-corrected chi connectivity index (χ2v) is 8.54. The van der Waals surface area contributed by atoms with Gasteiger partial charge < -0.3 is 15.4 Å².